The van der Waals surface area contributed by atoms with Gasteiger partial charge in [0.2, 0.25) is 11.7 Å². The zero-order valence-corrected chi connectivity index (χ0v) is 18.5. The molecule has 32 heavy (non-hydrogen) atoms. The molecule has 1 amide bonds. The number of methoxy groups -OCH3 is 2. The molecule has 0 saturated carbocycles. The lowest BCUT2D eigenvalue weighted by molar-refractivity contribution is 0.0667. The minimum Gasteiger partial charge on any atom is -0.493 e. The number of amides is 1. The number of carbonyl (C=O) groups excluding carboxylic acids is 1. The Kier molecular flexibility index (Phi) is 6.07. The summed E-state index contributed by atoms with van der Waals surface area (Å²) < 4.78 is 16.1. The average molecular weight is 431 g/mol. The van der Waals surface area contributed by atoms with Gasteiger partial charge in [0, 0.05) is 17.2 Å². The van der Waals surface area contributed by atoms with Crippen molar-refractivity contribution in [2.75, 3.05) is 14.2 Å². The lowest BCUT2D eigenvalue weighted by atomic mass is 10.1. The molecule has 0 saturated heterocycles. The second-order valence-corrected chi connectivity index (χ2v) is 7.67. The minimum atomic E-state index is -0.0865. The Morgan fingerprint density at radius 2 is 1.72 bits per heavy atom. The summed E-state index contributed by atoms with van der Waals surface area (Å²) in [5, 5.41) is 6.20. The van der Waals surface area contributed by atoms with Gasteiger partial charge in [-0.15, -0.1) is 0 Å². The maximum atomic E-state index is 13.3. The van der Waals surface area contributed by atoms with Gasteiger partial charge in [-0.3, -0.25) is 4.79 Å². The van der Waals surface area contributed by atoms with E-state index < -0.39 is 0 Å². The molecule has 164 valence electrons. The van der Waals surface area contributed by atoms with E-state index in [1.807, 2.05) is 62.4 Å². The molecule has 4 aromatic rings. The van der Waals surface area contributed by atoms with Crippen LogP contribution in [0, 0.1) is 0 Å². The SMILES string of the molecule is COc1ccc(-c2noc(CN(C(=O)c3ccc4ccccc4c3)C(C)C)n2)cc1OC. The van der Waals surface area contributed by atoms with Crippen LogP contribution >= 0.6 is 0 Å². The molecule has 0 aliphatic rings. The predicted molar refractivity (Wildman–Crippen MR) is 122 cm³/mol. The van der Waals surface area contributed by atoms with Crippen LogP contribution in [0.3, 0.4) is 0 Å². The Hall–Kier alpha value is -3.87. The zero-order chi connectivity index (χ0) is 22.7. The van der Waals surface area contributed by atoms with Crippen LogP contribution < -0.4 is 9.47 Å². The topological polar surface area (TPSA) is 77.7 Å². The Bertz CT molecular complexity index is 1250. The number of fused-ring (bicyclic) bond motifs is 1. The van der Waals surface area contributed by atoms with Crippen molar-refractivity contribution < 1.29 is 18.8 Å². The van der Waals surface area contributed by atoms with Gasteiger partial charge in [-0.05, 0) is 55.0 Å². The third-order valence-corrected chi connectivity index (χ3v) is 5.30. The van der Waals surface area contributed by atoms with Crippen LogP contribution in [0.25, 0.3) is 22.2 Å². The highest BCUT2D eigenvalue weighted by molar-refractivity contribution is 5.98. The molecule has 0 spiro atoms. The minimum absolute atomic E-state index is 0.0506. The molecule has 0 radical (unpaired) electrons. The van der Waals surface area contributed by atoms with E-state index in [1.165, 1.54) is 0 Å². The summed E-state index contributed by atoms with van der Waals surface area (Å²) >= 11 is 0. The Morgan fingerprint density at radius 3 is 2.44 bits per heavy atom. The van der Waals surface area contributed by atoms with Crippen LogP contribution in [0.4, 0.5) is 0 Å². The number of hydrogen-bond acceptors (Lipinski definition) is 6. The Morgan fingerprint density at radius 1 is 0.969 bits per heavy atom. The lowest BCUT2D eigenvalue weighted by Gasteiger charge is -2.25. The lowest BCUT2D eigenvalue weighted by Crippen LogP contribution is -2.36. The fourth-order valence-corrected chi connectivity index (χ4v) is 3.53. The van der Waals surface area contributed by atoms with E-state index in [2.05, 4.69) is 10.1 Å². The van der Waals surface area contributed by atoms with Crippen molar-refractivity contribution in [3.8, 4) is 22.9 Å². The monoisotopic (exact) mass is 431 g/mol. The van der Waals surface area contributed by atoms with Gasteiger partial charge >= 0.3 is 0 Å². The van der Waals surface area contributed by atoms with Crippen LogP contribution in [0.5, 0.6) is 11.5 Å². The molecule has 0 bridgehead atoms. The molecule has 1 aromatic heterocycles. The number of rotatable bonds is 7. The Balaban J connectivity index is 1.57. The second kappa shape index (κ2) is 9.09. The standard InChI is InChI=1S/C25H25N3O4/c1-16(2)28(25(29)20-10-9-17-7-5-6-8-18(17)13-20)15-23-26-24(27-32-23)19-11-12-21(30-3)22(14-19)31-4/h5-14,16H,15H2,1-4H3. The number of aromatic nitrogens is 2. The summed E-state index contributed by atoms with van der Waals surface area (Å²) in [4.78, 5) is 19.5. The second-order valence-electron chi connectivity index (χ2n) is 7.67. The zero-order valence-electron chi connectivity index (χ0n) is 18.5. The van der Waals surface area contributed by atoms with Crippen LogP contribution in [0.1, 0.15) is 30.1 Å². The molecule has 0 aliphatic heterocycles. The maximum Gasteiger partial charge on any atom is 0.254 e. The molecule has 3 aromatic carbocycles. The van der Waals surface area contributed by atoms with Crippen LogP contribution in [-0.4, -0.2) is 41.2 Å². The third-order valence-electron chi connectivity index (χ3n) is 5.30. The van der Waals surface area contributed by atoms with E-state index in [-0.39, 0.29) is 18.5 Å². The largest absolute Gasteiger partial charge is 0.493 e. The van der Waals surface area contributed by atoms with Gasteiger partial charge in [0.15, 0.2) is 11.5 Å². The van der Waals surface area contributed by atoms with Crippen molar-refractivity contribution in [1.82, 2.24) is 15.0 Å². The highest BCUT2D eigenvalue weighted by Gasteiger charge is 2.22. The molecule has 7 heteroatoms. The normalized spacial score (nSPS) is 11.0. The van der Waals surface area contributed by atoms with E-state index >= 15 is 0 Å². The fourth-order valence-electron chi connectivity index (χ4n) is 3.53. The smallest absolute Gasteiger partial charge is 0.254 e. The molecule has 1 heterocycles. The molecular formula is C25H25N3O4. The van der Waals surface area contributed by atoms with Crippen LogP contribution in [0.2, 0.25) is 0 Å². The first-order valence-electron chi connectivity index (χ1n) is 10.3. The summed E-state index contributed by atoms with van der Waals surface area (Å²) in [5.41, 5.74) is 1.35. The quantitative estimate of drug-likeness (QED) is 0.412. The number of benzene rings is 3. The number of nitrogens with zero attached hydrogens (tertiary/aromatic N) is 3. The summed E-state index contributed by atoms with van der Waals surface area (Å²) in [6.45, 7) is 4.14. The van der Waals surface area contributed by atoms with E-state index in [0.717, 1.165) is 16.3 Å². The third kappa shape index (κ3) is 4.27. The highest BCUT2D eigenvalue weighted by Crippen LogP contribution is 2.31. The van der Waals surface area contributed by atoms with Crippen molar-refractivity contribution in [2.24, 2.45) is 0 Å². The molecule has 0 unspecified atom stereocenters. The van der Waals surface area contributed by atoms with Gasteiger partial charge < -0.3 is 18.9 Å². The first-order chi connectivity index (χ1) is 15.5. The molecule has 0 fully saturated rings. The van der Waals surface area contributed by atoms with Gasteiger partial charge in [0.1, 0.15) is 6.54 Å². The Labute approximate surface area is 186 Å². The van der Waals surface area contributed by atoms with E-state index in [9.17, 15) is 4.79 Å². The molecular weight excluding hydrogens is 406 g/mol. The van der Waals surface area contributed by atoms with Gasteiger partial charge in [-0.1, -0.05) is 35.5 Å². The van der Waals surface area contributed by atoms with Gasteiger partial charge in [-0.2, -0.15) is 4.98 Å². The summed E-state index contributed by atoms with van der Waals surface area (Å²) in [5.74, 6) is 1.88. The van der Waals surface area contributed by atoms with Gasteiger partial charge in [0.05, 0.1) is 14.2 Å². The number of carbonyl (C=O) groups is 1. The predicted octanol–water partition coefficient (Wildman–Crippen LogP) is 4.96. The van der Waals surface area contributed by atoms with Crippen molar-refractivity contribution in [1.29, 1.82) is 0 Å². The van der Waals surface area contributed by atoms with Crippen molar-refractivity contribution in [3.63, 3.8) is 0 Å². The summed E-state index contributed by atoms with van der Waals surface area (Å²) in [6, 6.07) is 19.0. The van der Waals surface area contributed by atoms with E-state index in [1.54, 1.807) is 31.3 Å². The van der Waals surface area contributed by atoms with Crippen molar-refractivity contribution in [2.45, 2.75) is 26.4 Å². The molecule has 7 nitrogen and oxygen atoms in total. The van der Waals surface area contributed by atoms with E-state index in [4.69, 9.17) is 14.0 Å². The number of hydrogen-bond donors (Lipinski definition) is 0. The van der Waals surface area contributed by atoms with Crippen LogP contribution in [-0.2, 0) is 6.54 Å². The summed E-state index contributed by atoms with van der Waals surface area (Å²) in [7, 11) is 3.15. The first-order valence-corrected chi connectivity index (χ1v) is 10.3. The van der Waals surface area contributed by atoms with E-state index in [0.29, 0.717) is 28.8 Å². The first kappa shape index (κ1) is 21.4. The molecule has 0 N–H and O–H groups in total. The molecule has 0 aliphatic carbocycles. The average Bonchev–Trinajstić information content (AvgIpc) is 3.30. The van der Waals surface area contributed by atoms with Gasteiger partial charge in [-0.25, -0.2) is 0 Å². The van der Waals surface area contributed by atoms with Crippen LogP contribution in [0.15, 0.2) is 65.2 Å². The fraction of sp³-hybridized carbons (Fsp3) is 0.240. The van der Waals surface area contributed by atoms with Crippen molar-refractivity contribution in [3.05, 3.63) is 72.1 Å². The van der Waals surface area contributed by atoms with Crippen molar-refractivity contribution >= 4 is 16.7 Å². The molecule has 0 atom stereocenters. The molecule has 4 rings (SSSR count). The van der Waals surface area contributed by atoms with Gasteiger partial charge in [0.25, 0.3) is 5.91 Å². The maximum absolute atomic E-state index is 13.3. The number of ether oxygens (including phenoxy) is 2. The summed E-state index contributed by atoms with van der Waals surface area (Å²) in [6.07, 6.45) is 0. The highest BCUT2D eigenvalue weighted by atomic mass is 16.5.